The number of carbonyl (C=O) groups excluding carboxylic acids is 1. The lowest BCUT2D eigenvalue weighted by atomic mass is 10.1. The number of ether oxygens (including phenoxy) is 1. The highest BCUT2D eigenvalue weighted by atomic mass is 32.2. The molecule has 0 radical (unpaired) electrons. The van der Waals surface area contributed by atoms with Gasteiger partial charge in [0.15, 0.2) is 5.75 Å². The minimum absolute atomic E-state index is 0.0668. The highest BCUT2D eigenvalue weighted by Gasteiger charge is 2.33. The Balaban J connectivity index is 2.07. The van der Waals surface area contributed by atoms with E-state index in [1.807, 2.05) is 25.1 Å². The number of carbonyl (C=O) groups is 1. The Morgan fingerprint density at radius 3 is 2.70 bits per heavy atom. The predicted octanol–water partition coefficient (Wildman–Crippen LogP) is 4.80. The minimum atomic E-state index is -0.714. The molecule has 0 atom stereocenters. The number of aryl methyl sites for hydroxylation is 1. The van der Waals surface area contributed by atoms with Crippen molar-refractivity contribution in [3.05, 3.63) is 79.9 Å². The number of benzene rings is 2. The average molecular weight is 426 g/mol. The second-order valence-electron chi connectivity index (χ2n) is 6.32. The fourth-order valence-corrected chi connectivity index (χ4v) is 3.77. The number of phenols is 1. The third-order valence-corrected chi connectivity index (χ3v) is 5.12. The van der Waals surface area contributed by atoms with Crippen molar-refractivity contribution < 1.29 is 24.7 Å². The number of thioether (sulfide) groups is 1. The molecule has 0 bridgehead atoms. The van der Waals surface area contributed by atoms with Gasteiger partial charge in [0.05, 0.1) is 22.1 Å². The molecule has 2 aromatic carbocycles. The van der Waals surface area contributed by atoms with Crippen LogP contribution in [0.1, 0.15) is 18.1 Å². The lowest BCUT2D eigenvalue weighted by molar-refractivity contribution is -0.385. The van der Waals surface area contributed by atoms with E-state index in [0.29, 0.717) is 11.3 Å². The van der Waals surface area contributed by atoms with Crippen LogP contribution in [0.3, 0.4) is 0 Å². The number of hydrogen-bond acceptors (Lipinski definition) is 8. The molecule has 0 spiro atoms. The first kappa shape index (κ1) is 21.1. The molecule has 8 nitrogen and oxygen atoms in total. The van der Waals surface area contributed by atoms with Crippen LogP contribution in [-0.2, 0) is 9.53 Å². The highest BCUT2D eigenvalue weighted by molar-refractivity contribution is 8.18. The molecule has 30 heavy (non-hydrogen) atoms. The number of hydrogen-bond donors (Lipinski definition) is 2. The smallest absolute Gasteiger partial charge is 0.344 e. The van der Waals surface area contributed by atoms with E-state index in [2.05, 4.69) is 4.99 Å². The molecule has 1 aliphatic rings. The van der Waals surface area contributed by atoms with Crippen molar-refractivity contribution in [3.63, 3.8) is 0 Å². The Morgan fingerprint density at radius 1 is 1.27 bits per heavy atom. The summed E-state index contributed by atoms with van der Waals surface area (Å²) in [4.78, 5) is 27.5. The molecule has 0 aliphatic carbocycles. The standard InChI is InChI=1S/C21H18N2O6S/c1-3-29-21(26)18-19(25)17(11-13-7-8-16(24)15(10-13)23(27)28)30-20(18)22-14-6-4-5-12(2)9-14/h4-11,24-25H,3H2,1-2H3. The number of aliphatic hydroxyl groups excluding tert-OH is 1. The van der Waals surface area contributed by atoms with Crippen molar-refractivity contribution in [1.82, 2.24) is 0 Å². The molecule has 2 N–H and O–H groups in total. The molecule has 0 unspecified atom stereocenters. The van der Waals surface area contributed by atoms with Crippen LogP contribution < -0.4 is 0 Å². The van der Waals surface area contributed by atoms with Crippen LogP contribution >= 0.6 is 11.8 Å². The van der Waals surface area contributed by atoms with Crippen molar-refractivity contribution in [3.8, 4) is 5.75 Å². The van der Waals surface area contributed by atoms with Gasteiger partial charge in [-0.25, -0.2) is 9.79 Å². The van der Waals surface area contributed by atoms with E-state index in [9.17, 15) is 25.1 Å². The number of aliphatic imine (C=N–C) groups is 1. The normalized spacial score (nSPS) is 16.3. The largest absolute Gasteiger partial charge is 0.506 e. The number of phenolic OH excluding ortho intramolecular Hbond substituents is 1. The lowest BCUT2D eigenvalue weighted by Gasteiger charge is -2.04. The first-order valence-electron chi connectivity index (χ1n) is 8.93. The molecule has 0 aromatic heterocycles. The number of aromatic hydroxyl groups is 1. The van der Waals surface area contributed by atoms with Crippen LogP contribution in [0.2, 0.25) is 0 Å². The van der Waals surface area contributed by atoms with Crippen LogP contribution in [-0.4, -0.2) is 32.8 Å². The van der Waals surface area contributed by atoms with Crippen molar-refractivity contribution in [2.24, 2.45) is 4.99 Å². The van der Waals surface area contributed by atoms with Gasteiger partial charge < -0.3 is 14.9 Å². The van der Waals surface area contributed by atoms with Gasteiger partial charge in [-0.1, -0.05) is 30.0 Å². The van der Waals surface area contributed by atoms with Gasteiger partial charge in [-0.15, -0.1) is 0 Å². The first-order chi connectivity index (χ1) is 14.3. The molecule has 2 aromatic rings. The van der Waals surface area contributed by atoms with E-state index in [1.165, 1.54) is 24.3 Å². The van der Waals surface area contributed by atoms with E-state index in [4.69, 9.17) is 4.74 Å². The summed E-state index contributed by atoms with van der Waals surface area (Å²) in [5.74, 6) is -1.50. The van der Waals surface area contributed by atoms with Crippen LogP contribution in [0.5, 0.6) is 5.75 Å². The summed E-state index contributed by atoms with van der Waals surface area (Å²) in [6, 6.07) is 11.2. The summed E-state index contributed by atoms with van der Waals surface area (Å²) >= 11 is 1.05. The van der Waals surface area contributed by atoms with Crippen molar-refractivity contribution in [2.45, 2.75) is 13.8 Å². The van der Waals surface area contributed by atoms with E-state index >= 15 is 0 Å². The van der Waals surface area contributed by atoms with Crippen molar-refractivity contribution in [2.75, 3.05) is 6.61 Å². The quantitative estimate of drug-likeness (QED) is 0.400. The fraction of sp³-hybridized carbons (Fsp3) is 0.143. The molecule has 1 heterocycles. The van der Waals surface area contributed by atoms with Gasteiger partial charge in [0.1, 0.15) is 16.4 Å². The monoisotopic (exact) mass is 426 g/mol. The fourth-order valence-electron chi connectivity index (χ4n) is 2.73. The Bertz CT molecular complexity index is 1120. The van der Waals surface area contributed by atoms with Gasteiger partial charge in [0, 0.05) is 6.07 Å². The Labute approximate surface area is 176 Å². The maximum atomic E-state index is 12.4. The van der Waals surface area contributed by atoms with Gasteiger partial charge in [-0.05, 0) is 49.2 Å². The Morgan fingerprint density at radius 2 is 2.03 bits per heavy atom. The molecule has 0 saturated carbocycles. The molecule has 3 rings (SSSR count). The van der Waals surface area contributed by atoms with Crippen LogP contribution in [0.4, 0.5) is 11.4 Å². The molecular formula is C21H18N2O6S. The zero-order chi connectivity index (χ0) is 21.8. The second kappa shape index (κ2) is 8.83. The molecule has 9 heteroatoms. The van der Waals surface area contributed by atoms with Crippen LogP contribution in [0.25, 0.3) is 6.08 Å². The predicted molar refractivity (Wildman–Crippen MR) is 115 cm³/mol. The SMILES string of the molecule is CCOC(=O)C1=C(O)C(=Cc2ccc(O)c([N+](=O)[O-])c2)SC1=Nc1cccc(C)c1. The van der Waals surface area contributed by atoms with E-state index in [1.54, 1.807) is 13.0 Å². The van der Waals surface area contributed by atoms with Gasteiger partial charge in [-0.3, -0.25) is 10.1 Å². The van der Waals surface area contributed by atoms with E-state index in [0.717, 1.165) is 17.3 Å². The maximum Gasteiger partial charge on any atom is 0.344 e. The molecular weight excluding hydrogens is 408 g/mol. The average Bonchev–Trinajstić information content (AvgIpc) is 2.98. The molecule has 0 amide bonds. The Hall–Kier alpha value is -3.59. The molecule has 154 valence electrons. The van der Waals surface area contributed by atoms with Gasteiger partial charge in [0.2, 0.25) is 0 Å². The second-order valence-corrected chi connectivity index (χ2v) is 7.35. The number of aliphatic hydroxyl groups is 1. The summed E-state index contributed by atoms with van der Waals surface area (Å²) in [6.07, 6.45) is 1.48. The van der Waals surface area contributed by atoms with Gasteiger partial charge in [0.25, 0.3) is 0 Å². The molecule has 0 fully saturated rings. The number of nitro groups is 1. The molecule has 1 aliphatic heterocycles. The first-order valence-corrected chi connectivity index (χ1v) is 9.75. The summed E-state index contributed by atoms with van der Waals surface area (Å²) in [5, 5.41) is 31.6. The lowest BCUT2D eigenvalue weighted by Crippen LogP contribution is -2.12. The van der Waals surface area contributed by atoms with E-state index in [-0.39, 0.29) is 27.9 Å². The summed E-state index contributed by atoms with van der Waals surface area (Å²) in [5.41, 5.74) is 1.43. The number of esters is 1. The molecule has 0 saturated heterocycles. The number of nitrogens with zero attached hydrogens (tertiary/aromatic N) is 2. The highest BCUT2D eigenvalue weighted by Crippen LogP contribution is 2.41. The summed E-state index contributed by atoms with van der Waals surface area (Å²) in [7, 11) is 0. The zero-order valence-corrected chi connectivity index (χ0v) is 17.0. The third kappa shape index (κ3) is 4.52. The van der Waals surface area contributed by atoms with Gasteiger partial charge in [-0.2, -0.15) is 0 Å². The van der Waals surface area contributed by atoms with Crippen molar-refractivity contribution in [1.29, 1.82) is 0 Å². The summed E-state index contributed by atoms with van der Waals surface area (Å²) < 4.78 is 5.05. The Kier molecular flexibility index (Phi) is 6.22. The third-order valence-electron chi connectivity index (χ3n) is 4.10. The summed E-state index contributed by atoms with van der Waals surface area (Å²) in [6.45, 7) is 3.69. The number of rotatable bonds is 5. The van der Waals surface area contributed by atoms with Crippen LogP contribution in [0, 0.1) is 17.0 Å². The minimum Gasteiger partial charge on any atom is -0.506 e. The van der Waals surface area contributed by atoms with Crippen molar-refractivity contribution >= 4 is 40.2 Å². The number of nitro benzene ring substituents is 1. The van der Waals surface area contributed by atoms with Crippen LogP contribution in [0.15, 0.2) is 63.7 Å². The van der Waals surface area contributed by atoms with Gasteiger partial charge >= 0.3 is 11.7 Å². The zero-order valence-electron chi connectivity index (χ0n) is 16.2. The maximum absolute atomic E-state index is 12.4. The topological polar surface area (TPSA) is 122 Å². The van der Waals surface area contributed by atoms with E-state index < -0.39 is 22.3 Å².